The lowest BCUT2D eigenvalue weighted by atomic mass is 9.88. The van der Waals surface area contributed by atoms with Crippen LogP contribution in [0.25, 0.3) is 0 Å². The van der Waals surface area contributed by atoms with Crippen molar-refractivity contribution in [2.45, 2.75) is 71.1 Å². The van der Waals surface area contributed by atoms with E-state index in [2.05, 4.69) is 45.1 Å². The molecule has 2 heterocycles. The van der Waals surface area contributed by atoms with Crippen molar-refractivity contribution in [3.63, 3.8) is 0 Å². The van der Waals surface area contributed by atoms with Gasteiger partial charge in [-0.05, 0) is 45.7 Å². The molecule has 3 rings (SSSR count). The van der Waals surface area contributed by atoms with Gasteiger partial charge in [-0.1, -0.05) is 6.92 Å². The molecule has 1 fully saturated rings. The summed E-state index contributed by atoms with van der Waals surface area (Å²) in [5.41, 5.74) is 2.62. The van der Waals surface area contributed by atoms with E-state index in [1.807, 2.05) is 0 Å². The zero-order valence-corrected chi connectivity index (χ0v) is 13.6. The van der Waals surface area contributed by atoms with Crippen LogP contribution in [-0.2, 0) is 6.42 Å². The van der Waals surface area contributed by atoms with E-state index >= 15 is 0 Å². The smallest absolute Gasteiger partial charge is 0.123 e. The molecule has 0 aromatic heterocycles. The van der Waals surface area contributed by atoms with Gasteiger partial charge in [0.05, 0.1) is 6.61 Å². The van der Waals surface area contributed by atoms with Gasteiger partial charge in [0, 0.05) is 35.5 Å². The summed E-state index contributed by atoms with van der Waals surface area (Å²) in [5, 5.41) is 3.70. The van der Waals surface area contributed by atoms with Gasteiger partial charge in [-0.15, -0.1) is 0 Å². The van der Waals surface area contributed by atoms with E-state index in [1.165, 1.54) is 17.5 Å². The largest absolute Gasteiger partial charge is 0.494 e. The Balaban J connectivity index is 1.98. The van der Waals surface area contributed by atoms with Crippen LogP contribution < -0.4 is 14.8 Å². The van der Waals surface area contributed by atoms with Crippen LogP contribution in [0.3, 0.4) is 0 Å². The van der Waals surface area contributed by atoms with Crippen LogP contribution in [0, 0.1) is 0 Å². The molecule has 2 aliphatic rings. The Bertz CT molecular complexity index is 514. The second-order valence-corrected chi connectivity index (χ2v) is 6.49. The molecule has 3 heteroatoms. The Morgan fingerprint density at radius 2 is 2.10 bits per heavy atom. The normalized spacial score (nSPS) is 31.0. The quantitative estimate of drug-likeness (QED) is 0.917. The third-order valence-electron chi connectivity index (χ3n) is 4.76. The minimum absolute atomic E-state index is 0.285. The van der Waals surface area contributed by atoms with Crippen molar-refractivity contribution in [3.05, 3.63) is 23.3 Å². The van der Waals surface area contributed by atoms with Gasteiger partial charge in [0.25, 0.3) is 0 Å². The van der Waals surface area contributed by atoms with Crippen molar-refractivity contribution in [1.29, 1.82) is 0 Å². The highest BCUT2D eigenvalue weighted by atomic mass is 16.5. The Morgan fingerprint density at radius 3 is 2.81 bits per heavy atom. The lowest BCUT2D eigenvalue weighted by molar-refractivity contribution is 0.254. The number of ether oxygens (including phenoxy) is 2. The third-order valence-corrected chi connectivity index (χ3v) is 4.76. The van der Waals surface area contributed by atoms with Crippen LogP contribution in [0.1, 0.15) is 57.6 Å². The summed E-state index contributed by atoms with van der Waals surface area (Å²) < 4.78 is 11.9. The first-order valence-corrected chi connectivity index (χ1v) is 8.34. The van der Waals surface area contributed by atoms with Gasteiger partial charge < -0.3 is 14.8 Å². The average molecular weight is 289 g/mol. The second-order valence-electron chi connectivity index (χ2n) is 6.49. The first-order valence-electron chi connectivity index (χ1n) is 8.34. The monoisotopic (exact) mass is 289 g/mol. The van der Waals surface area contributed by atoms with Gasteiger partial charge in [0.15, 0.2) is 0 Å². The molecule has 4 atom stereocenters. The first kappa shape index (κ1) is 14.7. The lowest BCUT2D eigenvalue weighted by Crippen LogP contribution is -2.28. The number of nitrogens with one attached hydrogen (secondary N) is 1. The average Bonchev–Trinajstić information content (AvgIpc) is 2.99. The second kappa shape index (κ2) is 5.88. The van der Waals surface area contributed by atoms with Crippen LogP contribution in [0.4, 0.5) is 0 Å². The molecule has 2 aliphatic heterocycles. The summed E-state index contributed by atoms with van der Waals surface area (Å²) in [6.45, 7) is 9.44. The Kier molecular flexibility index (Phi) is 4.12. The zero-order chi connectivity index (χ0) is 15.0. The van der Waals surface area contributed by atoms with Gasteiger partial charge >= 0.3 is 0 Å². The molecular formula is C18H27NO2. The molecule has 0 saturated carbocycles. The molecule has 116 valence electrons. The highest BCUT2D eigenvalue weighted by Crippen LogP contribution is 2.42. The van der Waals surface area contributed by atoms with Crippen molar-refractivity contribution < 1.29 is 9.47 Å². The number of fused-ring (bicyclic) bond motifs is 1. The van der Waals surface area contributed by atoms with Gasteiger partial charge in [0.1, 0.15) is 17.6 Å². The molecule has 0 aliphatic carbocycles. The molecule has 1 aromatic rings. The van der Waals surface area contributed by atoms with E-state index in [9.17, 15) is 0 Å². The maximum atomic E-state index is 5.96. The number of hydrogen-bond acceptors (Lipinski definition) is 3. The maximum Gasteiger partial charge on any atom is 0.123 e. The van der Waals surface area contributed by atoms with Crippen LogP contribution in [0.2, 0.25) is 0 Å². The molecule has 0 spiro atoms. The zero-order valence-electron chi connectivity index (χ0n) is 13.6. The van der Waals surface area contributed by atoms with Gasteiger partial charge in [-0.25, -0.2) is 0 Å². The van der Waals surface area contributed by atoms with Crippen molar-refractivity contribution in [2.24, 2.45) is 0 Å². The van der Waals surface area contributed by atoms with Crippen LogP contribution in [-0.4, -0.2) is 24.8 Å². The molecular weight excluding hydrogens is 262 g/mol. The van der Waals surface area contributed by atoms with Gasteiger partial charge in [-0.3, -0.25) is 0 Å². The van der Waals surface area contributed by atoms with E-state index in [1.54, 1.807) is 0 Å². The molecule has 1 saturated heterocycles. The van der Waals surface area contributed by atoms with Gasteiger partial charge in [-0.2, -0.15) is 0 Å². The molecule has 0 radical (unpaired) electrons. The Hall–Kier alpha value is -1.22. The van der Waals surface area contributed by atoms with Crippen LogP contribution in [0.15, 0.2) is 12.1 Å². The van der Waals surface area contributed by atoms with Crippen molar-refractivity contribution in [1.82, 2.24) is 5.32 Å². The summed E-state index contributed by atoms with van der Waals surface area (Å²) >= 11 is 0. The maximum absolute atomic E-state index is 5.96. The molecule has 1 N–H and O–H groups in total. The van der Waals surface area contributed by atoms with Crippen molar-refractivity contribution >= 4 is 0 Å². The molecule has 3 nitrogen and oxygen atoms in total. The third kappa shape index (κ3) is 2.76. The lowest BCUT2D eigenvalue weighted by Gasteiger charge is -2.22. The fraction of sp³-hybridized carbons (Fsp3) is 0.667. The summed E-state index contributed by atoms with van der Waals surface area (Å²) in [7, 11) is 0. The predicted molar refractivity (Wildman–Crippen MR) is 85.4 cm³/mol. The fourth-order valence-electron chi connectivity index (χ4n) is 3.87. The van der Waals surface area contributed by atoms with Crippen LogP contribution in [0.5, 0.6) is 11.5 Å². The van der Waals surface area contributed by atoms with Crippen molar-refractivity contribution in [3.8, 4) is 11.5 Å². The first-order chi connectivity index (χ1) is 10.1. The van der Waals surface area contributed by atoms with E-state index in [0.29, 0.717) is 24.6 Å². The van der Waals surface area contributed by atoms with E-state index in [-0.39, 0.29) is 6.10 Å². The highest BCUT2D eigenvalue weighted by Gasteiger charge is 2.34. The molecule has 4 unspecified atom stereocenters. The molecule has 1 aromatic carbocycles. The molecule has 0 amide bonds. The minimum atomic E-state index is 0.285. The predicted octanol–water partition coefficient (Wildman–Crippen LogP) is 3.65. The molecule has 21 heavy (non-hydrogen) atoms. The standard InChI is InChI=1S/C18H27NO2/c1-5-16-14(7-11(3)19-16)15-10-17-13(8-12(4)21-17)9-18(15)20-6-2/h9-12,14,16,19H,5-8H2,1-4H3. The Labute approximate surface area is 128 Å². The summed E-state index contributed by atoms with van der Waals surface area (Å²) in [6.07, 6.45) is 3.60. The fourth-order valence-corrected chi connectivity index (χ4v) is 3.87. The van der Waals surface area contributed by atoms with E-state index in [4.69, 9.17) is 9.47 Å². The highest BCUT2D eigenvalue weighted by molar-refractivity contribution is 5.50. The Morgan fingerprint density at radius 1 is 1.29 bits per heavy atom. The van der Waals surface area contributed by atoms with Crippen molar-refractivity contribution in [2.75, 3.05) is 6.61 Å². The van der Waals surface area contributed by atoms with E-state index in [0.717, 1.165) is 24.3 Å². The number of rotatable bonds is 4. The summed E-state index contributed by atoms with van der Waals surface area (Å²) in [6, 6.07) is 5.57. The molecule has 0 bridgehead atoms. The number of benzene rings is 1. The SMILES string of the molecule is CCOc1cc2c(cc1C1CC(C)NC1CC)OC(C)C2. The topological polar surface area (TPSA) is 30.5 Å². The van der Waals surface area contributed by atoms with Gasteiger partial charge in [0.2, 0.25) is 0 Å². The summed E-state index contributed by atoms with van der Waals surface area (Å²) in [4.78, 5) is 0. The van der Waals surface area contributed by atoms with Crippen LogP contribution >= 0.6 is 0 Å². The summed E-state index contributed by atoms with van der Waals surface area (Å²) in [5.74, 6) is 2.65. The minimum Gasteiger partial charge on any atom is -0.494 e. The van der Waals surface area contributed by atoms with E-state index < -0.39 is 0 Å². The number of hydrogen-bond donors (Lipinski definition) is 1.